The van der Waals surface area contributed by atoms with E-state index in [1.54, 1.807) is 13.0 Å². The molecule has 0 fully saturated rings. The maximum absolute atomic E-state index is 11.7. The molecule has 84 valence electrons. The van der Waals surface area contributed by atoms with Crippen LogP contribution in [0.4, 0.5) is 0 Å². The fourth-order valence-corrected chi connectivity index (χ4v) is 1.56. The molecule has 1 aromatic rings. The molecule has 4 nitrogen and oxygen atoms in total. The molecule has 0 unspecified atom stereocenters. The van der Waals surface area contributed by atoms with Crippen molar-refractivity contribution in [3.63, 3.8) is 0 Å². The largest absolute Gasteiger partial charge is 0.495 e. The number of hydrogen-bond acceptors (Lipinski definition) is 5. The summed E-state index contributed by atoms with van der Waals surface area (Å²) in [5.41, 5.74) is 0.340. The van der Waals surface area contributed by atoms with Crippen LogP contribution in [-0.2, 0) is 4.74 Å². The predicted octanol–water partition coefficient (Wildman–Crippen LogP) is 2.03. The average molecular weight is 237 g/mol. The SMILES string of the molecule is CCOC(=O)c1c(C#N)ccc(S)c1OC. The summed E-state index contributed by atoms with van der Waals surface area (Å²) in [5.74, 6) is -0.312. The molecule has 0 aliphatic rings. The molecule has 0 saturated carbocycles. The van der Waals surface area contributed by atoms with Crippen LogP contribution < -0.4 is 4.74 Å². The summed E-state index contributed by atoms with van der Waals surface area (Å²) in [6.45, 7) is 1.94. The summed E-state index contributed by atoms with van der Waals surface area (Å²) >= 11 is 4.15. The highest BCUT2D eigenvalue weighted by molar-refractivity contribution is 7.80. The van der Waals surface area contributed by atoms with Gasteiger partial charge in [-0.2, -0.15) is 5.26 Å². The fourth-order valence-electron chi connectivity index (χ4n) is 1.28. The van der Waals surface area contributed by atoms with Gasteiger partial charge < -0.3 is 9.47 Å². The van der Waals surface area contributed by atoms with Crippen molar-refractivity contribution in [3.8, 4) is 11.8 Å². The van der Waals surface area contributed by atoms with Gasteiger partial charge in [-0.1, -0.05) is 0 Å². The van der Waals surface area contributed by atoms with E-state index >= 15 is 0 Å². The van der Waals surface area contributed by atoms with Gasteiger partial charge >= 0.3 is 5.97 Å². The summed E-state index contributed by atoms with van der Waals surface area (Å²) in [4.78, 5) is 12.2. The maximum atomic E-state index is 11.7. The van der Waals surface area contributed by atoms with Crippen LogP contribution in [0.1, 0.15) is 22.8 Å². The van der Waals surface area contributed by atoms with E-state index in [1.165, 1.54) is 13.2 Å². The van der Waals surface area contributed by atoms with Gasteiger partial charge in [0, 0.05) is 4.90 Å². The number of methoxy groups -OCH3 is 1. The summed E-state index contributed by atoms with van der Waals surface area (Å²) in [5, 5.41) is 8.91. The first kappa shape index (κ1) is 12.4. The third-order valence-electron chi connectivity index (χ3n) is 1.94. The van der Waals surface area contributed by atoms with E-state index in [0.29, 0.717) is 4.90 Å². The number of esters is 1. The van der Waals surface area contributed by atoms with Crippen LogP contribution >= 0.6 is 12.6 Å². The molecule has 0 aliphatic carbocycles. The van der Waals surface area contributed by atoms with Crippen LogP contribution in [0.25, 0.3) is 0 Å². The third kappa shape index (κ3) is 2.28. The van der Waals surface area contributed by atoms with E-state index in [9.17, 15) is 4.79 Å². The van der Waals surface area contributed by atoms with Crippen molar-refractivity contribution in [1.29, 1.82) is 5.26 Å². The fraction of sp³-hybridized carbons (Fsp3) is 0.273. The van der Waals surface area contributed by atoms with Crippen LogP contribution in [-0.4, -0.2) is 19.7 Å². The van der Waals surface area contributed by atoms with Gasteiger partial charge in [0.05, 0.1) is 19.3 Å². The standard InChI is InChI=1S/C11H11NO3S/c1-3-15-11(13)9-7(6-12)4-5-8(16)10(9)14-2/h4-5,16H,3H2,1-2H3. The molecule has 0 N–H and O–H groups in total. The Morgan fingerprint density at radius 3 is 2.75 bits per heavy atom. The second kappa shape index (κ2) is 5.42. The quantitative estimate of drug-likeness (QED) is 0.645. The molecule has 0 atom stereocenters. The number of carbonyl (C=O) groups is 1. The monoisotopic (exact) mass is 237 g/mol. The Morgan fingerprint density at radius 1 is 1.56 bits per heavy atom. The van der Waals surface area contributed by atoms with Crippen molar-refractivity contribution in [3.05, 3.63) is 23.3 Å². The number of hydrogen-bond donors (Lipinski definition) is 1. The van der Waals surface area contributed by atoms with Gasteiger partial charge in [0.15, 0.2) is 0 Å². The number of carbonyl (C=O) groups excluding carboxylic acids is 1. The van der Waals surface area contributed by atoms with Gasteiger partial charge in [-0.25, -0.2) is 4.79 Å². The number of ether oxygens (including phenoxy) is 2. The molecule has 1 aromatic carbocycles. The third-order valence-corrected chi connectivity index (χ3v) is 2.29. The van der Waals surface area contributed by atoms with Crippen molar-refractivity contribution < 1.29 is 14.3 Å². The molecule has 0 bridgehead atoms. The second-order valence-electron chi connectivity index (χ2n) is 2.87. The molecule has 1 rings (SSSR count). The smallest absolute Gasteiger partial charge is 0.343 e. The molecular weight excluding hydrogens is 226 g/mol. The minimum atomic E-state index is -0.577. The first-order chi connectivity index (χ1) is 7.65. The van der Waals surface area contributed by atoms with Gasteiger partial charge in [-0.3, -0.25) is 0 Å². The van der Waals surface area contributed by atoms with E-state index in [2.05, 4.69) is 12.6 Å². The van der Waals surface area contributed by atoms with Crippen molar-refractivity contribution in [1.82, 2.24) is 0 Å². The van der Waals surface area contributed by atoms with E-state index in [1.807, 2.05) is 6.07 Å². The van der Waals surface area contributed by atoms with Crippen LogP contribution in [0.15, 0.2) is 17.0 Å². The molecular formula is C11H11NO3S. The lowest BCUT2D eigenvalue weighted by Gasteiger charge is -2.11. The van der Waals surface area contributed by atoms with Crippen LogP contribution in [0.2, 0.25) is 0 Å². The summed E-state index contributed by atoms with van der Waals surface area (Å²) in [6.07, 6.45) is 0. The van der Waals surface area contributed by atoms with Crippen LogP contribution in [0.5, 0.6) is 5.75 Å². The Bertz CT molecular complexity index is 451. The van der Waals surface area contributed by atoms with Crippen LogP contribution in [0.3, 0.4) is 0 Å². The molecule has 16 heavy (non-hydrogen) atoms. The van der Waals surface area contributed by atoms with Crippen molar-refractivity contribution in [2.45, 2.75) is 11.8 Å². The second-order valence-corrected chi connectivity index (χ2v) is 3.35. The highest BCUT2D eigenvalue weighted by Crippen LogP contribution is 2.30. The molecule has 0 heterocycles. The maximum Gasteiger partial charge on any atom is 0.343 e. The summed E-state index contributed by atoms with van der Waals surface area (Å²) in [7, 11) is 1.42. The number of rotatable bonds is 3. The molecule has 5 heteroatoms. The van der Waals surface area contributed by atoms with Gasteiger partial charge in [-0.15, -0.1) is 12.6 Å². The Balaban J connectivity index is 3.37. The minimum Gasteiger partial charge on any atom is -0.495 e. The number of nitriles is 1. The lowest BCUT2D eigenvalue weighted by Crippen LogP contribution is -2.09. The highest BCUT2D eigenvalue weighted by atomic mass is 32.1. The molecule has 0 spiro atoms. The number of benzene rings is 1. The van der Waals surface area contributed by atoms with Crippen LogP contribution in [0, 0.1) is 11.3 Å². The number of nitrogens with zero attached hydrogens (tertiary/aromatic N) is 1. The molecule has 0 saturated heterocycles. The topological polar surface area (TPSA) is 59.3 Å². The first-order valence-corrected chi connectivity index (χ1v) is 5.07. The molecule has 0 aromatic heterocycles. The Morgan fingerprint density at radius 2 is 2.25 bits per heavy atom. The predicted molar refractivity (Wildman–Crippen MR) is 60.9 cm³/mol. The Hall–Kier alpha value is -1.67. The zero-order valence-corrected chi connectivity index (χ0v) is 9.88. The van der Waals surface area contributed by atoms with Gasteiger partial charge in [-0.05, 0) is 19.1 Å². The zero-order chi connectivity index (χ0) is 12.1. The Labute approximate surface area is 99.2 Å². The first-order valence-electron chi connectivity index (χ1n) is 4.62. The summed E-state index contributed by atoms with van der Waals surface area (Å²) < 4.78 is 9.92. The van der Waals surface area contributed by atoms with Crippen molar-refractivity contribution in [2.75, 3.05) is 13.7 Å². The summed E-state index contributed by atoms with van der Waals surface area (Å²) in [6, 6.07) is 5.03. The normalized spacial score (nSPS) is 9.38. The molecule has 0 amide bonds. The van der Waals surface area contributed by atoms with Crippen molar-refractivity contribution >= 4 is 18.6 Å². The van der Waals surface area contributed by atoms with Gasteiger partial charge in [0.1, 0.15) is 17.4 Å². The van der Waals surface area contributed by atoms with E-state index in [4.69, 9.17) is 14.7 Å². The lowest BCUT2D eigenvalue weighted by atomic mass is 10.1. The zero-order valence-electron chi connectivity index (χ0n) is 8.98. The van der Waals surface area contributed by atoms with E-state index in [-0.39, 0.29) is 23.5 Å². The molecule has 0 radical (unpaired) electrons. The van der Waals surface area contributed by atoms with Crippen molar-refractivity contribution in [2.24, 2.45) is 0 Å². The number of thiol groups is 1. The minimum absolute atomic E-state index is 0.124. The van der Waals surface area contributed by atoms with E-state index < -0.39 is 5.97 Å². The highest BCUT2D eigenvalue weighted by Gasteiger charge is 2.20. The van der Waals surface area contributed by atoms with Gasteiger partial charge in [0.25, 0.3) is 0 Å². The van der Waals surface area contributed by atoms with Gasteiger partial charge in [0.2, 0.25) is 0 Å². The van der Waals surface area contributed by atoms with E-state index in [0.717, 1.165) is 0 Å². The molecule has 0 aliphatic heterocycles. The average Bonchev–Trinajstić information content (AvgIpc) is 2.28. The lowest BCUT2D eigenvalue weighted by molar-refractivity contribution is 0.0522. The Kier molecular flexibility index (Phi) is 4.20.